The molecule has 1 aliphatic heterocycles. The zero-order valence-electron chi connectivity index (χ0n) is 16.8. The average molecular weight is 471 g/mol. The Bertz CT molecular complexity index is 1280. The van der Waals surface area contributed by atoms with Crippen LogP contribution in [0.2, 0.25) is 5.02 Å². The lowest BCUT2D eigenvalue weighted by Crippen LogP contribution is -2.33. The summed E-state index contributed by atoms with van der Waals surface area (Å²) in [5.41, 5.74) is 2.24. The first-order valence-corrected chi connectivity index (χ1v) is 11.6. The number of nitrogens with one attached hydrogen (secondary N) is 1. The Morgan fingerprint density at radius 3 is 2.53 bits per heavy atom. The number of anilines is 2. The summed E-state index contributed by atoms with van der Waals surface area (Å²) in [5.74, 6) is -1.12. The number of nitrogens with zero attached hydrogens (tertiary/aromatic N) is 1. The number of fused-ring (bicyclic) bond motifs is 1. The summed E-state index contributed by atoms with van der Waals surface area (Å²) in [6, 6.07) is 19.2. The van der Waals surface area contributed by atoms with Crippen molar-refractivity contribution in [1.29, 1.82) is 0 Å². The van der Waals surface area contributed by atoms with Gasteiger partial charge in [-0.2, -0.15) is 0 Å². The van der Waals surface area contributed by atoms with E-state index < -0.39 is 22.6 Å². The van der Waals surface area contributed by atoms with Gasteiger partial charge in [0.1, 0.15) is 0 Å². The van der Waals surface area contributed by atoms with Gasteiger partial charge in [-0.1, -0.05) is 35.9 Å². The minimum atomic E-state index is -3.94. The first kappa shape index (κ1) is 21.9. The van der Waals surface area contributed by atoms with E-state index in [1.54, 1.807) is 17.0 Å². The fraction of sp³-hybridized carbons (Fsp3) is 0.130. The van der Waals surface area contributed by atoms with E-state index in [1.807, 2.05) is 24.3 Å². The van der Waals surface area contributed by atoms with Gasteiger partial charge >= 0.3 is 5.97 Å². The lowest BCUT2D eigenvalue weighted by molar-refractivity contribution is -0.121. The van der Waals surface area contributed by atoms with Crippen LogP contribution in [0.1, 0.15) is 15.9 Å². The first-order valence-electron chi connectivity index (χ1n) is 9.77. The summed E-state index contributed by atoms with van der Waals surface area (Å²) < 4.78 is 32.9. The highest BCUT2D eigenvalue weighted by atomic mass is 35.5. The highest BCUT2D eigenvalue weighted by Gasteiger charge is 2.25. The fourth-order valence-electron chi connectivity index (χ4n) is 3.41. The molecule has 0 saturated heterocycles. The molecule has 7 nitrogen and oxygen atoms in total. The Labute approximate surface area is 190 Å². The molecule has 1 N–H and O–H groups in total. The summed E-state index contributed by atoms with van der Waals surface area (Å²) in [7, 11) is -3.94. The Morgan fingerprint density at radius 1 is 1.00 bits per heavy atom. The van der Waals surface area contributed by atoms with E-state index >= 15 is 0 Å². The Hall–Kier alpha value is -3.36. The molecule has 0 aliphatic carbocycles. The molecule has 9 heteroatoms. The molecule has 1 aliphatic rings. The number of ether oxygens (including phenoxy) is 1. The van der Waals surface area contributed by atoms with Crippen LogP contribution in [0.3, 0.4) is 0 Å². The molecule has 0 unspecified atom stereocenters. The van der Waals surface area contributed by atoms with E-state index in [0.717, 1.165) is 17.7 Å². The van der Waals surface area contributed by atoms with Gasteiger partial charge in [-0.05, 0) is 60.5 Å². The Balaban J connectivity index is 1.42. The number of hydrogen-bond donors (Lipinski definition) is 1. The van der Waals surface area contributed by atoms with Crippen LogP contribution in [-0.2, 0) is 26.0 Å². The van der Waals surface area contributed by atoms with E-state index in [9.17, 15) is 18.0 Å². The van der Waals surface area contributed by atoms with Gasteiger partial charge < -0.3 is 9.64 Å². The molecule has 32 heavy (non-hydrogen) atoms. The number of halogens is 1. The number of esters is 1. The second kappa shape index (κ2) is 9.02. The maximum atomic E-state index is 12.7. The zero-order chi connectivity index (χ0) is 22.7. The van der Waals surface area contributed by atoms with Gasteiger partial charge in [0.05, 0.1) is 10.5 Å². The second-order valence-electron chi connectivity index (χ2n) is 7.14. The van der Waals surface area contributed by atoms with Crippen LogP contribution in [0.15, 0.2) is 77.7 Å². The SMILES string of the molecule is O=C(OCC(=O)N1CCc2ccccc21)c1cccc(S(=O)(=O)Nc2ccc(Cl)cc2)c1. The van der Waals surface area contributed by atoms with E-state index in [-0.39, 0.29) is 16.4 Å². The zero-order valence-corrected chi connectivity index (χ0v) is 18.4. The lowest BCUT2D eigenvalue weighted by Gasteiger charge is -2.17. The van der Waals surface area contributed by atoms with Gasteiger partial charge in [0.2, 0.25) is 0 Å². The van der Waals surface area contributed by atoms with Crippen molar-refractivity contribution in [3.8, 4) is 0 Å². The molecule has 0 radical (unpaired) electrons. The molecule has 0 atom stereocenters. The van der Waals surface area contributed by atoms with Crippen LogP contribution in [0.25, 0.3) is 0 Å². The van der Waals surface area contributed by atoms with Gasteiger partial charge in [-0.15, -0.1) is 0 Å². The summed E-state index contributed by atoms with van der Waals surface area (Å²) in [6.07, 6.45) is 0.746. The topological polar surface area (TPSA) is 92.8 Å². The van der Waals surface area contributed by atoms with Gasteiger partial charge in [0.15, 0.2) is 6.61 Å². The fourth-order valence-corrected chi connectivity index (χ4v) is 4.64. The molecule has 3 aromatic carbocycles. The quantitative estimate of drug-likeness (QED) is 0.552. The predicted octanol–water partition coefficient (Wildman–Crippen LogP) is 3.89. The van der Waals surface area contributed by atoms with Crippen molar-refractivity contribution in [1.82, 2.24) is 0 Å². The molecular weight excluding hydrogens is 452 g/mol. The average Bonchev–Trinajstić information content (AvgIpc) is 3.23. The molecule has 4 rings (SSSR count). The molecule has 0 spiro atoms. The van der Waals surface area contributed by atoms with Crippen LogP contribution >= 0.6 is 11.6 Å². The largest absolute Gasteiger partial charge is 0.452 e. The van der Waals surface area contributed by atoms with Gasteiger partial charge in [-0.3, -0.25) is 9.52 Å². The predicted molar refractivity (Wildman–Crippen MR) is 121 cm³/mol. The van der Waals surface area contributed by atoms with Crippen molar-refractivity contribution in [3.05, 3.63) is 88.9 Å². The molecular formula is C23H19ClN2O5S. The van der Waals surface area contributed by atoms with Crippen molar-refractivity contribution >= 4 is 44.9 Å². The van der Waals surface area contributed by atoms with Crippen molar-refractivity contribution in [3.63, 3.8) is 0 Å². The monoisotopic (exact) mass is 470 g/mol. The maximum absolute atomic E-state index is 12.7. The van der Waals surface area contributed by atoms with Gasteiger partial charge in [0.25, 0.3) is 15.9 Å². The minimum absolute atomic E-state index is 0.0265. The number of sulfonamides is 1. The van der Waals surface area contributed by atoms with Gasteiger partial charge in [-0.25, -0.2) is 13.2 Å². The lowest BCUT2D eigenvalue weighted by atomic mass is 10.2. The molecule has 1 amide bonds. The number of carbonyl (C=O) groups is 2. The number of carbonyl (C=O) groups excluding carboxylic acids is 2. The highest BCUT2D eigenvalue weighted by molar-refractivity contribution is 7.92. The third-order valence-corrected chi connectivity index (χ3v) is 6.62. The van der Waals surface area contributed by atoms with Crippen LogP contribution < -0.4 is 9.62 Å². The molecule has 3 aromatic rings. The molecule has 1 heterocycles. The van der Waals surface area contributed by atoms with Crippen LogP contribution in [0.4, 0.5) is 11.4 Å². The summed E-state index contributed by atoms with van der Waals surface area (Å²) in [6.45, 7) is 0.0903. The van der Waals surface area contributed by atoms with Crippen molar-refractivity contribution in [2.24, 2.45) is 0 Å². The van der Waals surface area contributed by atoms with E-state index in [2.05, 4.69) is 4.72 Å². The van der Waals surface area contributed by atoms with Crippen molar-refractivity contribution < 1.29 is 22.7 Å². The summed E-state index contributed by atoms with van der Waals surface area (Å²) in [5, 5.41) is 0.477. The van der Waals surface area contributed by atoms with E-state index in [0.29, 0.717) is 17.3 Å². The van der Waals surface area contributed by atoms with Crippen LogP contribution in [0, 0.1) is 0 Å². The Kier molecular flexibility index (Phi) is 6.16. The smallest absolute Gasteiger partial charge is 0.338 e. The summed E-state index contributed by atoms with van der Waals surface area (Å²) in [4.78, 5) is 26.5. The number of hydrogen-bond acceptors (Lipinski definition) is 5. The second-order valence-corrected chi connectivity index (χ2v) is 9.26. The third-order valence-electron chi connectivity index (χ3n) is 4.99. The first-order chi connectivity index (χ1) is 15.3. The minimum Gasteiger partial charge on any atom is -0.452 e. The Morgan fingerprint density at radius 2 is 1.75 bits per heavy atom. The maximum Gasteiger partial charge on any atom is 0.338 e. The number of para-hydroxylation sites is 1. The van der Waals surface area contributed by atoms with Gasteiger partial charge in [0, 0.05) is 22.9 Å². The highest BCUT2D eigenvalue weighted by Crippen LogP contribution is 2.27. The summed E-state index contributed by atoms with van der Waals surface area (Å²) >= 11 is 5.82. The van der Waals surface area contributed by atoms with Crippen LogP contribution in [-0.4, -0.2) is 33.4 Å². The van der Waals surface area contributed by atoms with E-state index in [1.165, 1.54) is 36.4 Å². The number of rotatable bonds is 6. The van der Waals surface area contributed by atoms with E-state index in [4.69, 9.17) is 16.3 Å². The molecule has 0 fully saturated rings. The standard InChI is InChI=1S/C23H19ClN2O5S/c24-18-8-10-19(11-9-18)25-32(29,30)20-6-3-5-17(14-20)23(28)31-15-22(27)26-13-12-16-4-1-2-7-21(16)26/h1-11,14,25H,12-13,15H2. The van der Waals surface area contributed by atoms with Crippen molar-refractivity contribution in [2.75, 3.05) is 22.8 Å². The number of amides is 1. The molecule has 0 saturated carbocycles. The normalized spacial score (nSPS) is 12.8. The van der Waals surface area contributed by atoms with Crippen molar-refractivity contribution in [2.45, 2.75) is 11.3 Å². The third kappa shape index (κ3) is 4.76. The molecule has 0 aromatic heterocycles. The molecule has 0 bridgehead atoms. The molecule has 164 valence electrons. The number of benzene rings is 3. The van der Waals surface area contributed by atoms with Crippen LogP contribution in [0.5, 0.6) is 0 Å².